The highest BCUT2D eigenvalue weighted by molar-refractivity contribution is 7.09. The summed E-state index contributed by atoms with van der Waals surface area (Å²) in [4.78, 5) is 4.26. The summed E-state index contributed by atoms with van der Waals surface area (Å²) in [5.74, 6) is 0. The molecule has 0 saturated heterocycles. The molecule has 4 heteroatoms. The Morgan fingerprint density at radius 3 is 2.22 bits per heavy atom. The quantitative estimate of drug-likeness (QED) is 0.698. The van der Waals surface area contributed by atoms with Crippen LogP contribution in [0.5, 0.6) is 0 Å². The second-order valence-corrected chi connectivity index (χ2v) is 6.40. The third kappa shape index (κ3) is 4.48. The SMILES string of the molecule is O[C@H](c1nccs1)[C@H](Cc1ccccc1)NCc1ccccc1. The average molecular weight is 324 g/mol. The Morgan fingerprint density at radius 1 is 0.957 bits per heavy atom. The van der Waals surface area contributed by atoms with Crippen LogP contribution in [0.1, 0.15) is 22.2 Å². The van der Waals surface area contributed by atoms with Crippen LogP contribution in [0, 0.1) is 0 Å². The highest BCUT2D eigenvalue weighted by Crippen LogP contribution is 2.22. The smallest absolute Gasteiger partial charge is 0.123 e. The third-order valence-corrected chi connectivity index (χ3v) is 4.64. The van der Waals surface area contributed by atoms with Crippen LogP contribution in [0.2, 0.25) is 0 Å². The molecule has 2 aromatic carbocycles. The number of thiazole rings is 1. The summed E-state index contributed by atoms with van der Waals surface area (Å²) in [6.07, 6.45) is 1.88. The van der Waals surface area contributed by atoms with E-state index in [0.717, 1.165) is 18.0 Å². The van der Waals surface area contributed by atoms with E-state index in [1.165, 1.54) is 22.5 Å². The van der Waals surface area contributed by atoms with Crippen molar-refractivity contribution in [3.05, 3.63) is 88.4 Å². The minimum atomic E-state index is -0.612. The van der Waals surface area contributed by atoms with Crippen molar-refractivity contribution in [2.75, 3.05) is 0 Å². The predicted octanol–water partition coefficient (Wildman–Crippen LogP) is 3.58. The molecule has 0 aliphatic heterocycles. The zero-order valence-electron chi connectivity index (χ0n) is 12.8. The Bertz CT molecular complexity index is 686. The number of hydrogen-bond acceptors (Lipinski definition) is 4. The maximum Gasteiger partial charge on any atom is 0.123 e. The van der Waals surface area contributed by atoms with Gasteiger partial charge in [0, 0.05) is 24.2 Å². The maximum atomic E-state index is 10.7. The number of nitrogens with zero attached hydrogens (tertiary/aromatic N) is 1. The Hall–Kier alpha value is -2.01. The van der Waals surface area contributed by atoms with Crippen molar-refractivity contribution in [1.29, 1.82) is 0 Å². The van der Waals surface area contributed by atoms with Gasteiger partial charge in [0.1, 0.15) is 11.1 Å². The fourth-order valence-electron chi connectivity index (χ4n) is 2.56. The molecule has 118 valence electrons. The molecule has 3 aromatic rings. The Morgan fingerprint density at radius 2 is 1.61 bits per heavy atom. The van der Waals surface area contributed by atoms with E-state index in [0.29, 0.717) is 0 Å². The number of aromatic nitrogens is 1. The molecule has 0 bridgehead atoms. The zero-order valence-corrected chi connectivity index (χ0v) is 13.6. The highest BCUT2D eigenvalue weighted by atomic mass is 32.1. The van der Waals surface area contributed by atoms with E-state index < -0.39 is 6.10 Å². The summed E-state index contributed by atoms with van der Waals surface area (Å²) in [5.41, 5.74) is 2.41. The average Bonchev–Trinajstić information content (AvgIpc) is 3.14. The minimum absolute atomic E-state index is 0.0799. The van der Waals surface area contributed by atoms with Gasteiger partial charge in [-0.3, -0.25) is 0 Å². The lowest BCUT2D eigenvalue weighted by atomic mass is 10.0. The summed E-state index contributed by atoms with van der Waals surface area (Å²) < 4.78 is 0. The van der Waals surface area contributed by atoms with Crippen molar-refractivity contribution < 1.29 is 5.11 Å². The lowest BCUT2D eigenvalue weighted by Crippen LogP contribution is -2.36. The normalized spacial score (nSPS) is 13.6. The molecule has 0 aliphatic carbocycles. The van der Waals surface area contributed by atoms with Gasteiger partial charge in [-0.2, -0.15) is 0 Å². The van der Waals surface area contributed by atoms with E-state index in [1.807, 2.05) is 41.8 Å². The third-order valence-electron chi connectivity index (χ3n) is 3.80. The molecule has 0 saturated carbocycles. The minimum Gasteiger partial charge on any atom is -0.384 e. The Labute approximate surface area is 140 Å². The van der Waals surface area contributed by atoms with Crippen LogP contribution in [-0.2, 0) is 13.0 Å². The Kier molecular flexibility index (Phi) is 5.53. The summed E-state index contributed by atoms with van der Waals surface area (Å²) in [6.45, 7) is 0.723. The predicted molar refractivity (Wildman–Crippen MR) is 94.3 cm³/mol. The van der Waals surface area contributed by atoms with Gasteiger partial charge < -0.3 is 10.4 Å². The van der Waals surface area contributed by atoms with E-state index in [1.54, 1.807) is 6.20 Å². The molecule has 3 rings (SSSR count). The molecule has 2 N–H and O–H groups in total. The van der Waals surface area contributed by atoms with Gasteiger partial charge in [-0.25, -0.2) is 4.98 Å². The van der Waals surface area contributed by atoms with Crippen LogP contribution in [0.25, 0.3) is 0 Å². The van der Waals surface area contributed by atoms with E-state index >= 15 is 0 Å². The molecule has 0 unspecified atom stereocenters. The fraction of sp³-hybridized carbons (Fsp3) is 0.211. The molecule has 0 amide bonds. The van der Waals surface area contributed by atoms with E-state index in [4.69, 9.17) is 0 Å². The topological polar surface area (TPSA) is 45.2 Å². The van der Waals surface area contributed by atoms with E-state index in [-0.39, 0.29) is 6.04 Å². The van der Waals surface area contributed by atoms with Gasteiger partial charge in [0.15, 0.2) is 0 Å². The molecular weight excluding hydrogens is 304 g/mol. The lowest BCUT2D eigenvalue weighted by Gasteiger charge is -2.23. The van der Waals surface area contributed by atoms with Gasteiger partial charge in [-0.05, 0) is 17.5 Å². The highest BCUT2D eigenvalue weighted by Gasteiger charge is 2.23. The molecule has 23 heavy (non-hydrogen) atoms. The molecule has 0 spiro atoms. The number of nitrogens with one attached hydrogen (secondary N) is 1. The standard InChI is InChI=1S/C19H20N2OS/c22-18(19-20-11-12-23-19)17(13-15-7-3-1-4-8-15)21-14-16-9-5-2-6-10-16/h1-12,17-18,21-22H,13-14H2/t17-,18-/m0/s1. The molecule has 0 aliphatic rings. The molecule has 0 radical (unpaired) electrons. The lowest BCUT2D eigenvalue weighted by molar-refractivity contribution is 0.126. The molecular formula is C19H20N2OS. The second kappa shape index (κ2) is 8.02. The first kappa shape index (κ1) is 15.9. The van der Waals surface area contributed by atoms with Gasteiger partial charge >= 0.3 is 0 Å². The number of aliphatic hydroxyl groups excluding tert-OH is 1. The molecule has 1 heterocycles. The van der Waals surface area contributed by atoms with E-state index in [2.05, 4.69) is 34.6 Å². The monoisotopic (exact) mass is 324 g/mol. The first-order valence-corrected chi connectivity index (χ1v) is 8.59. The van der Waals surface area contributed by atoms with Gasteiger partial charge in [-0.1, -0.05) is 60.7 Å². The van der Waals surface area contributed by atoms with Crippen molar-refractivity contribution in [2.24, 2.45) is 0 Å². The molecule has 2 atom stereocenters. The van der Waals surface area contributed by atoms with Crippen molar-refractivity contribution >= 4 is 11.3 Å². The van der Waals surface area contributed by atoms with Crippen molar-refractivity contribution in [3.8, 4) is 0 Å². The number of aliphatic hydroxyl groups is 1. The van der Waals surface area contributed by atoms with E-state index in [9.17, 15) is 5.11 Å². The van der Waals surface area contributed by atoms with Crippen LogP contribution in [0.4, 0.5) is 0 Å². The van der Waals surface area contributed by atoms with Crippen LogP contribution in [0.15, 0.2) is 72.2 Å². The number of hydrogen-bond donors (Lipinski definition) is 2. The van der Waals surface area contributed by atoms with Crippen LogP contribution >= 0.6 is 11.3 Å². The maximum absolute atomic E-state index is 10.7. The molecule has 1 aromatic heterocycles. The molecule has 0 fully saturated rings. The first-order chi connectivity index (χ1) is 11.3. The Balaban J connectivity index is 1.72. The van der Waals surface area contributed by atoms with Crippen molar-refractivity contribution in [3.63, 3.8) is 0 Å². The summed E-state index contributed by atoms with van der Waals surface area (Å²) >= 11 is 1.49. The van der Waals surface area contributed by atoms with Crippen LogP contribution in [-0.4, -0.2) is 16.1 Å². The van der Waals surface area contributed by atoms with Gasteiger partial charge in [0.25, 0.3) is 0 Å². The van der Waals surface area contributed by atoms with Gasteiger partial charge in [0.05, 0.1) is 0 Å². The second-order valence-electron chi connectivity index (χ2n) is 5.48. The van der Waals surface area contributed by atoms with Crippen molar-refractivity contribution in [2.45, 2.75) is 25.1 Å². The van der Waals surface area contributed by atoms with Crippen molar-refractivity contribution in [1.82, 2.24) is 10.3 Å². The fourth-order valence-corrected chi connectivity index (χ4v) is 3.25. The number of benzene rings is 2. The van der Waals surface area contributed by atoms with Crippen LogP contribution < -0.4 is 5.32 Å². The van der Waals surface area contributed by atoms with Gasteiger partial charge in [-0.15, -0.1) is 11.3 Å². The van der Waals surface area contributed by atoms with Crippen LogP contribution in [0.3, 0.4) is 0 Å². The molecule has 3 nitrogen and oxygen atoms in total. The zero-order chi connectivity index (χ0) is 15.9. The summed E-state index contributed by atoms with van der Waals surface area (Å²) in [6, 6.07) is 20.4. The largest absolute Gasteiger partial charge is 0.384 e. The summed E-state index contributed by atoms with van der Waals surface area (Å²) in [5, 5.41) is 16.8. The first-order valence-electron chi connectivity index (χ1n) is 7.71. The summed E-state index contributed by atoms with van der Waals surface area (Å²) in [7, 11) is 0. The number of rotatable bonds is 7. The van der Waals surface area contributed by atoms with Gasteiger partial charge in [0.2, 0.25) is 0 Å².